The fraction of sp³-hybridized carbons (Fsp3) is 0.261. The van der Waals surface area contributed by atoms with Crippen molar-refractivity contribution >= 4 is 33.0 Å². The van der Waals surface area contributed by atoms with Crippen LogP contribution in [0.5, 0.6) is 0 Å². The third-order valence-corrected chi connectivity index (χ3v) is 6.34. The Labute approximate surface area is 189 Å². The van der Waals surface area contributed by atoms with Gasteiger partial charge in [-0.3, -0.25) is 0 Å². The number of hydrogen-bond donors (Lipinski definition) is 0. The maximum absolute atomic E-state index is 12.3. The van der Waals surface area contributed by atoms with Crippen LogP contribution in [0, 0.1) is 6.92 Å². The van der Waals surface area contributed by atoms with Gasteiger partial charge in [0.25, 0.3) is 0 Å². The van der Waals surface area contributed by atoms with Crippen LogP contribution in [0.15, 0.2) is 63.5 Å². The molecule has 0 saturated heterocycles. The lowest BCUT2D eigenvalue weighted by molar-refractivity contribution is 0.282. The van der Waals surface area contributed by atoms with Crippen molar-refractivity contribution in [1.82, 2.24) is 19.8 Å². The molecule has 0 aliphatic rings. The molecule has 0 aliphatic heterocycles. The lowest BCUT2D eigenvalue weighted by atomic mass is 10.1. The highest BCUT2D eigenvalue weighted by Gasteiger charge is 2.14. The number of rotatable bonds is 6. The minimum atomic E-state index is -0.315. The first-order chi connectivity index (χ1) is 15.5. The first kappa shape index (κ1) is 21.6. The van der Waals surface area contributed by atoms with Gasteiger partial charge < -0.3 is 4.74 Å². The second-order valence-electron chi connectivity index (χ2n) is 7.34. The summed E-state index contributed by atoms with van der Waals surface area (Å²) in [5, 5.41) is 17.7. The van der Waals surface area contributed by atoms with Crippen molar-refractivity contribution < 1.29 is 4.74 Å². The van der Waals surface area contributed by atoms with Crippen molar-refractivity contribution in [3.05, 3.63) is 75.0 Å². The van der Waals surface area contributed by atoms with Gasteiger partial charge in [0.05, 0.1) is 16.3 Å². The number of ether oxygens (including phenoxy) is 1. The molecule has 0 saturated carbocycles. The van der Waals surface area contributed by atoms with Gasteiger partial charge in [0.2, 0.25) is 5.90 Å². The molecule has 0 aliphatic carbocycles. The molecule has 0 fully saturated rings. The Morgan fingerprint density at radius 1 is 1.12 bits per heavy atom. The van der Waals surface area contributed by atoms with Crippen molar-refractivity contribution in [3.8, 4) is 5.69 Å². The third kappa shape index (κ3) is 4.38. The van der Waals surface area contributed by atoms with E-state index in [-0.39, 0.29) is 12.3 Å². The van der Waals surface area contributed by atoms with Crippen molar-refractivity contribution in [2.45, 2.75) is 33.8 Å². The van der Waals surface area contributed by atoms with Crippen molar-refractivity contribution in [2.24, 2.45) is 17.3 Å². The molecule has 0 atom stereocenters. The monoisotopic (exact) mass is 448 g/mol. The van der Waals surface area contributed by atoms with Crippen molar-refractivity contribution in [2.75, 3.05) is 0 Å². The van der Waals surface area contributed by atoms with E-state index in [1.807, 2.05) is 51.1 Å². The average molecular weight is 449 g/mol. The van der Waals surface area contributed by atoms with Crippen LogP contribution in [0.1, 0.15) is 36.3 Å². The lowest BCUT2D eigenvalue weighted by Gasteiger charge is -2.13. The summed E-state index contributed by atoms with van der Waals surface area (Å²) in [6, 6.07) is 16.1. The van der Waals surface area contributed by atoms with E-state index in [0.29, 0.717) is 18.0 Å². The highest BCUT2D eigenvalue weighted by atomic mass is 32.1. The predicted molar refractivity (Wildman–Crippen MR) is 128 cm³/mol. The number of tetrazole rings is 1. The van der Waals surface area contributed by atoms with Crippen LogP contribution in [0.25, 0.3) is 15.8 Å². The average Bonchev–Trinajstić information content (AvgIpc) is 3.38. The van der Waals surface area contributed by atoms with E-state index < -0.39 is 0 Å². The van der Waals surface area contributed by atoms with E-state index >= 15 is 0 Å². The van der Waals surface area contributed by atoms with Crippen LogP contribution in [0.2, 0.25) is 0 Å². The minimum Gasteiger partial charge on any atom is -0.475 e. The van der Waals surface area contributed by atoms with Crippen LogP contribution < -0.4 is 5.69 Å². The highest BCUT2D eigenvalue weighted by molar-refractivity contribution is 7.20. The fourth-order valence-electron chi connectivity index (χ4n) is 3.24. The molecule has 9 heteroatoms. The Morgan fingerprint density at radius 2 is 1.94 bits per heavy atom. The molecule has 4 rings (SSSR count). The van der Waals surface area contributed by atoms with E-state index in [1.54, 1.807) is 18.4 Å². The standard InChI is InChI=1S/C23H24N6O2S/c1-5-22(25-24-16(3)21-13-17-10-6-7-12-20(17)32-21)31-14-18-15(2)9-8-11-19(18)29-23(30)28(4)26-27-29/h6-13H,5,14H2,1-4H3. The quantitative estimate of drug-likeness (QED) is 0.251. The molecule has 2 aromatic carbocycles. The first-order valence-corrected chi connectivity index (χ1v) is 11.1. The molecular formula is C23H24N6O2S. The molecule has 0 bridgehead atoms. The molecule has 164 valence electrons. The Balaban J connectivity index is 1.56. The lowest BCUT2D eigenvalue weighted by Crippen LogP contribution is -2.23. The zero-order chi connectivity index (χ0) is 22.7. The smallest absolute Gasteiger partial charge is 0.368 e. The van der Waals surface area contributed by atoms with Gasteiger partial charge in [-0.1, -0.05) is 37.3 Å². The zero-order valence-electron chi connectivity index (χ0n) is 18.4. The summed E-state index contributed by atoms with van der Waals surface area (Å²) in [6.07, 6.45) is 0.593. The second-order valence-corrected chi connectivity index (χ2v) is 8.42. The summed E-state index contributed by atoms with van der Waals surface area (Å²) in [5.74, 6) is 0.520. The largest absolute Gasteiger partial charge is 0.475 e. The number of aromatic nitrogens is 4. The Morgan fingerprint density at radius 3 is 2.66 bits per heavy atom. The molecule has 4 aromatic rings. The van der Waals surface area contributed by atoms with Gasteiger partial charge >= 0.3 is 5.69 Å². The predicted octanol–water partition coefficient (Wildman–Crippen LogP) is 4.24. The number of nitrogens with zero attached hydrogens (tertiary/aromatic N) is 6. The van der Waals surface area contributed by atoms with E-state index in [9.17, 15) is 4.79 Å². The third-order valence-electron chi connectivity index (χ3n) is 5.11. The summed E-state index contributed by atoms with van der Waals surface area (Å²) in [5.41, 5.74) is 3.00. The molecule has 2 aromatic heterocycles. The zero-order valence-corrected chi connectivity index (χ0v) is 19.3. The summed E-state index contributed by atoms with van der Waals surface area (Å²) in [6.45, 7) is 6.13. The number of benzene rings is 2. The number of aryl methyl sites for hydroxylation is 2. The van der Waals surface area contributed by atoms with Crippen molar-refractivity contribution in [3.63, 3.8) is 0 Å². The minimum absolute atomic E-state index is 0.245. The SMILES string of the molecule is CCC(=NN=C(C)c1cc2ccccc2s1)OCc1c(C)cccc1-n1nnn(C)c1=O. The number of thiophene rings is 1. The molecule has 32 heavy (non-hydrogen) atoms. The van der Waals surface area contributed by atoms with Crippen LogP contribution >= 0.6 is 11.3 Å². The van der Waals surface area contributed by atoms with Gasteiger partial charge in [-0.2, -0.15) is 14.5 Å². The summed E-state index contributed by atoms with van der Waals surface area (Å²) in [7, 11) is 1.57. The second kappa shape index (κ2) is 9.27. The summed E-state index contributed by atoms with van der Waals surface area (Å²) >= 11 is 1.69. The molecule has 8 nitrogen and oxygen atoms in total. The van der Waals surface area contributed by atoms with Gasteiger partial charge in [0, 0.05) is 23.7 Å². The molecule has 0 unspecified atom stereocenters. The Hall–Kier alpha value is -3.59. The number of hydrogen-bond acceptors (Lipinski definition) is 7. The Kier molecular flexibility index (Phi) is 6.27. The van der Waals surface area contributed by atoms with Gasteiger partial charge in [0.1, 0.15) is 6.61 Å². The molecule has 2 heterocycles. The first-order valence-electron chi connectivity index (χ1n) is 10.3. The van der Waals surface area contributed by atoms with Crippen molar-refractivity contribution in [1.29, 1.82) is 0 Å². The number of fused-ring (bicyclic) bond motifs is 1. The Bertz CT molecular complexity index is 1350. The molecular weight excluding hydrogens is 424 g/mol. The topological polar surface area (TPSA) is 86.7 Å². The van der Waals surface area contributed by atoms with E-state index in [2.05, 4.69) is 38.8 Å². The molecule has 0 radical (unpaired) electrons. The summed E-state index contributed by atoms with van der Waals surface area (Å²) < 4.78 is 9.68. The van der Waals surface area contributed by atoms with Gasteiger partial charge in [-0.25, -0.2) is 4.79 Å². The maximum atomic E-state index is 12.3. The van der Waals surface area contributed by atoms with Crippen LogP contribution in [0.3, 0.4) is 0 Å². The molecule has 0 spiro atoms. The summed E-state index contributed by atoms with van der Waals surface area (Å²) in [4.78, 5) is 13.4. The van der Waals surface area contributed by atoms with E-state index in [4.69, 9.17) is 4.74 Å². The van der Waals surface area contributed by atoms with Crippen LogP contribution in [0.4, 0.5) is 0 Å². The molecule has 0 N–H and O–H groups in total. The van der Waals surface area contributed by atoms with Crippen LogP contribution in [-0.4, -0.2) is 31.4 Å². The fourth-order valence-corrected chi connectivity index (χ4v) is 4.24. The van der Waals surface area contributed by atoms with E-state index in [0.717, 1.165) is 21.7 Å². The normalized spacial score (nSPS) is 12.5. The maximum Gasteiger partial charge on any atom is 0.368 e. The highest BCUT2D eigenvalue weighted by Crippen LogP contribution is 2.26. The van der Waals surface area contributed by atoms with Crippen LogP contribution in [-0.2, 0) is 18.4 Å². The molecule has 0 amide bonds. The van der Waals surface area contributed by atoms with E-state index in [1.165, 1.54) is 19.4 Å². The van der Waals surface area contributed by atoms with Gasteiger partial charge in [-0.05, 0) is 53.4 Å². The van der Waals surface area contributed by atoms with Gasteiger partial charge in [0.15, 0.2) is 0 Å². The van der Waals surface area contributed by atoms with Gasteiger partial charge in [-0.15, -0.1) is 16.4 Å².